The average Bonchev–Trinajstić information content (AvgIpc) is 2.13. The van der Waals surface area contributed by atoms with Gasteiger partial charge in [-0.3, -0.25) is 4.79 Å². The molecule has 0 spiro atoms. The Labute approximate surface area is 101 Å². The van der Waals surface area contributed by atoms with E-state index in [0.29, 0.717) is 5.78 Å². The summed E-state index contributed by atoms with van der Waals surface area (Å²) in [7, 11) is 0. The van der Waals surface area contributed by atoms with E-state index in [1.54, 1.807) is 0 Å². The molecule has 0 saturated carbocycles. The van der Waals surface area contributed by atoms with Crippen molar-refractivity contribution in [2.24, 2.45) is 23.0 Å². The first-order valence-electron chi connectivity index (χ1n) is 6.51. The van der Waals surface area contributed by atoms with Gasteiger partial charge in [0.05, 0.1) is 0 Å². The molecule has 0 saturated heterocycles. The van der Waals surface area contributed by atoms with Crippen LogP contribution in [-0.2, 0) is 4.79 Å². The molecule has 0 rings (SSSR count). The maximum absolute atomic E-state index is 12.1. The third-order valence-corrected chi connectivity index (χ3v) is 2.84. The van der Waals surface area contributed by atoms with Crippen molar-refractivity contribution in [2.45, 2.75) is 60.3 Å². The normalized spacial score (nSPS) is 14.2. The van der Waals surface area contributed by atoms with Crippen molar-refractivity contribution in [3.63, 3.8) is 0 Å². The Bertz CT molecular complexity index is 203. The summed E-state index contributed by atoms with van der Waals surface area (Å²) in [6, 6.07) is 0. The number of nitrogens with two attached hydrogens (primary N) is 1. The standard InChI is InChI=1S/C14H29NO/c1-11(2)13(16)12(8-6-7-9-15)10-14(3,4)5/h11-12H,6-10,15H2,1-5H3. The van der Waals surface area contributed by atoms with Gasteiger partial charge in [0.15, 0.2) is 0 Å². The van der Waals surface area contributed by atoms with Gasteiger partial charge in [-0.25, -0.2) is 0 Å². The predicted molar refractivity (Wildman–Crippen MR) is 70.3 cm³/mol. The zero-order chi connectivity index (χ0) is 12.8. The highest BCUT2D eigenvalue weighted by molar-refractivity contribution is 5.82. The quantitative estimate of drug-likeness (QED) is 0.677. The topological polar surface area (TPSA) is 43.1 Å². The van der Waals surface area contributed by atoms with Crippen LogP contribution in [0.5, 0.6) is 0 Å². The Hall–Kier alpha value is -0.370. The Morgan fingerprint density at radius 1 is 1.19 bits per heavy atom. The van der Waals surface area contributed by atoms with Gasteiger partial charge >= 0.3 is 0 Å². The highest BCUT2D eigenvalue weighted by atomic mass is 16.1. The summed E-state index contributed by atoms with van der Waals surface area (Å²) in [6.07, 6.45) is 4.11. The Kier molecular flexibility index (Phi) is 6.89. The van der Waals surface area contributed by atoms with Gasteiger partial charge in [-0.2, -0.15) is 0 Å². The van der Waals surface area contributed by atoms with Gasteiger partial charge in [0.25, 0.3) is 0 Å². The summed E-state index contributed by atoms with van der Waals surface area (Å²) in [5.74, 6) is 0.809. The van der Waals surface area contributed by atoms with Crippen LogP contribution in [0.2, 0.25) is 0 Å². The van der Waals surface area contributed by atoms with Gasteiger partial charge in [0.1, 0.15) is 5.78 Å². The predicted octanol–water partition coefficient (Wildman–Crippen LogP) is 3.39. The third kappa shape index (κ3) is 7.00. The number of carbonyl (C=O) groups excluding carboxylic acids is 1. The first kappa shape index (κ1) is 15.6. The van der Waals surface area contributed by atoms with Crippen LogP contribution in [0.3, 0.4) is 0 Å². The van der Waals surface area contributed by atoms with Crippen LogP contribution in [0, 0.1) is 17.3 Å². The molecular formula is C14H29NO. The first-order chi connectivity index (χ1) is 7.28. The van der Waals surface area contributed by atoms with Crippen LogP contribution in [0.1, 0.15) is 60.3 Å². The maximum atomic E-state index is 12.1. The van der Waals surface area contributed by atoms with E-state index in [-0.39, 0.29) is 17.3 Å². The third-order valence-electron chi connectivity index (χ3n) is 2.84. The van der Waals surface area contributed by atoms with Crippen LogP contribution in [0.15, 0.2) is 0 Å². The van der Waals surface area contributed by atoms with E-state index >= 15 is 0 Å². The van der Waals surface area contributed by atoms with Crippen molar-refractivity contribution in [2.75, 3.05) is 6.54 Å². The average molecular weight is 227 g/mol. The Morgan fingerprint density at radius 2 is 1.75 bits per heavy atom. The molecule has 2 N–H and O–H groups in total. The number of unbranched alkanes of at least 4 members (excludes halogenated alkanes) is 1. The highest BCUT2D eigenvalue weighted by Crippen LogP contribution is 2.29. The second-order valence-electron chi connectivity index (χ2n) is 6.30. The van der Waals surface area contributed by atoms with E-state index in [1.807, 2.05) is 13.8 Å². The summed E-state index contributed by atoms with van der Waals surface area (Å²) in [5, 5.41) is 0. The summed E-state index contributed by atoms with van der Waals surface area (Å²) < 4.78 is 0. The first-order valence-corrected chi connectivity index (χ1v) is 6.51. The molecule has 0 aromatic heterocycles. The number of hydrogen-bond donors (Lipinski definition) is 1. The lowest BCUT2D eigenvalue weighted by molar-refractivity contribution is -0.127. The van der Waals surface area contributed by atoms with E-state index in [1.165, 1.54) is 0 Å². The smallest absolute Gasteiger partial charge is 0.138 e. The summed E-state index contributed by atoms with van der Waals surface area (Å²) in [6.45, 7) is 11.4. The minimum Gasteiger partial charge on any atom is -0.330 e. The van der Waals surface area contributed by atoms with Crippen LogP contribution in [0.4, 0.5) is 0 Å². The fourth-order valence-electron chi connectivity index (χ4n) is 2.09. The molecule has 16 heavy (non-hydrogen) atoms. The van der Waals surface area contributed by atoms with Crippen LogP contribution in [0.25, 0.3) is 0 Å². The van der Waals surface area contributed by atoms with Gasteiger partial charge < -0.3 is 5.73 Å². The zero-order valence-electron chi connectivity index (χ0n) is 11.7. The van der Waals surface area contributed by atoms with E-state index < -0.39 is 0 Å². The molecule has 1 atom stereocenters. The molecule has 96 valence electrons. The molecule has 0 bridgehead atoms. The Morgan fingerprint density at radius 3 is 2.12 bits per heavy atom. The number of carbonyl (C=O) groups is 1. The van der Waals surface area contributed by atoms with Crippen molar-refractivity contribution >= 4 is 5.78 Å². The van der Waals surface area contributed by atoms with E-state index in [4.69, 9.17) is 5.73 Å². The summed E-state index contributed by atoms with van der Waals surface area (Å²) in [5.41, 5.74) is 5.73. The molecule has 0 aliphatic rings. The fraction of sp³-hybridized carbons (Fsp3) is 0.929. The molecule has 0 heterocycles. The molecule has 0 aromatic carbocycles. The van der Waals surface area contributed by atoms with Gasteiger partial charge in [-0.15, -0.1) is 0 Å². The molecule has 0 aliphatic heterocycles. The molecule has 0 fully saturated rings. The lowest BCUT2D eigenvalue weighted by Gasteiger charge is -2.26. The summed E-state index contributed by atoms with van der Waals surface area (Å²) >= 11 is 0. The van der Waals surface area contributed by atoms with E-state index in [9.17, 15) is 4.79 Å². The SMILES string of the molecule is CC(C)C(=O)C(CCCCN)CC(C)(C)C. The lowest BCUT2D eigenvalue weighted by atomic mass is 9.78. The lowest BCUT2D eigenvalue weighted by Crippen LogP contribution is -2.25. The molecule has 2 heteroatoms. The monoisotopic (exact) mass is 227 g/mol. The number of rotatable bonds is 7. The zero-order valence-corrected chi connectivity index (χ0v) is 11.7. The van der Waals surface area contributed by atoms with Crippen molar-refractivity contribution in [1.29, 1.82) is 0 Å². The Balaban J connectivity index is 4.33. The molecule has 0 radical (unpaired) electrons. The molecule has 0 aliphatic carbocycles. The number of hydrogen-bond acceptors (Lipinski definition) is 2. The molecule has 0 amide bonds. The molecule has 2 nitrogen and oxygen atoms in total. The molecule has 0 aromatic rings. The van der Waals surface area contributed by atoms with Crippen molar-refractivity contribution in [3.8, 4) is 0 Å². The fourth-order valence-corrected chi connectivity index (χ4v) is 2.09. The van der Waals surface area contributed by atoms with Crippen LogP contribution >= 0.6 is 0 Å². The minimum absolute atomic E-state index is 0.158. The van der Waals surface area contributed by atoms with Gasteiger partial charge in [0, 0.05) is 11.8 Å². The van der Waals surface area contributed by atoms with Crippen molar-refractivity contribution in [1.82, 2.24) is 0 Å². The van der Waals surface area contributed by atoms with Crippen molar-refractivity contribution < 1.29 is 4.79 Å². The second-order valence-corrected chi connectivity index (χ2v) is 6.30. The van der Waals surface area contributed by atoms with Gasteiger partial charge in [0.2, 0.25) is 0 Å². The second kappa shape index (κ2) is 7.05. The molecule has 1 unspecified atom stereocenters. The van der Waals surface area contributed by atoms with Gasteiger partial charge in [-0.1, -0.05) is 41.0 Å². The highest BCUT2D eigenvalue weighted by Gasteiger charge is 2.25. The number of Topliss-reactive ketones (excluding diaryl/α,β-unsaturated/α-hetero) is 1. The number of ketones is 1. The maximum Gasteiger partial charge on any atom is 0.138 e. The minimum atomic E-state index is 0.158. The van der Waals surface area contributed by atoms with Gasteiger partial charge in [-0.05, 0) is 31.2 Å². The van der Waals surface area contributed by atoms with Crippen LogP contribution < -0.4 is 5.73 Å². The van der Waals surface area contributed by atoms with Crippen LogP contribution in [-0.4, -0.2) is 12.3 Å². The van der Waals surface area contributed by atoms with E-state index in [2.05, 4.69) is 20.8 Å². The molecular weight excluding hydrogens is 198 g/mol. The van der Waals surface area contributed by atoms with E-state index in [0.717, 1.165) is 32.2 Å². The summed E-state index contributed by atoms with van der Waals surface area (Å²) in [4.78, 5) is 12.1. The largest absolute Gasteiger partial charge is 0.330 e. The van der Waals surface area contributed by atoms with Crippen molar-refractivity contribution in [3.05, 3.63) is 0 Å².